The third kappa shape index (κ3) is 5.66. The van der Waals surface area contributed by atoms with Gasteiger partial charge in [-0.2, -0.15) is 0 Å². The van der Waals surface area contributed by atoms with Gasteiger partial charge in [0.1, 0.15) is 0 Å². The van der Waals surface area contributed by atoms with Crippen LogP contribution >= 0.6 is 11.8 Å². The number of carbonyl (C=O) groups excluding carboxylic acids is 1. The Morgan fingerprint density at radius 3 is 2.39 bits per heavy atom. The number of para-hydroxylation sites is 1. The molecule has 0 fully saturated rings. The highest BCUT2D eigenvalue weighted by Crippen LogP contribution is 2.30. The van der Waals surface area contributed by atoms with Gasteiger partial charge in [-0.1, -0.05) is 42.1 Å². The number of methoxy groups -OCH3 is 1. The van der Waals surface area contributed by atoms with Crippen LogP contribution in [-0.2, 0) is 11.3 Å². The molecule has 0 amide bonds. The summed E-state index contributed by atoms with van der Waals surface area (Å²) in [5.41, 5.74) is 4.49. The first kappa shape index (κ1) is 25.0. The first-order valence-corrected chi connectivity index (χ1v) is 12.6. The molecule has 0 saturated heterocycles. The third-order valence-electron chi connectivity index (χ3n) is 5.99. The van der Waals surface area contributed by atoms with Crippen molar-refractivity contribution in [1.82, 2.24) is 4.57 Å². The van der Waals surface area contributed by atoms with Gasteiger partial charge in [0.05, 0.1) is 23.3 Å². The lowest BCUT2D eigenvalue weighted by atomic mass is 10.1. The summed E-state index contributed by atoms with van der Waals surface area (Å²) in [7, 11) is 1.38. The number of aliphatic imine (C=N–C) groups is 1. The van der Waals surface area contributed by atoms with Gasteiger partial charge in [0, 0.05) is 57.3 Å². The Kier molecular flexibility index (Phi) is 7.33. The maximum atomic E-state index is 11.9. The van der Waals surface area contributed by atoms with Crippen LogP contribution in [0.15, 0.2) is 118 Å². The molecular formula is C30H23N3O4S. The van der Waals surface area contributed by atoms with Crippen molar-refractivity contribution in [2.24, 2.45) is 4.99 Å². The monoisotopic (exact) mass is 521 g/mol. The Balaban J connectivity index is 1.33. The number of ether oxygens (including phenoxy) is 1. The number of fused-ring (bicyclic) bond motifs is 1. The van der Waals surface area contributed by atoms with Crippen molar-refractivity contribution in [2.45, 2.75) is 16.3 Å². The molecule has 0 spiro atoms. The van der Waals surface area contributed by atoms with E-state index in [-0.39, 0.29) is 11.7 Å². The molecule has 38 heavy (non-hydrogen) atoms. The van der Waals surface area contributed by atoms with E-state index in [1.807, 2.05) is 60.8 Å². The van der Waals surface area contributed by atoms with Gasteiger partial charge in [-0.05, 0) is 60.2 Å². The highest BCUT2D eigenvalue weighted by Gasteiger charge is 2.10. The lowest BCUT2D eigenvalue weighted by molar-refractivity contribution is -0.384. The Bertz CT molecular complexity index is 1640. The fourth-order valence-corrected chi connectivity index (χ4v) is 4.95. The zero-order chi connectivity index (χ0) is 26.5. The minimum atomic E-state index is -0.402. The first-order chi connectivity index (χ1) is 18.5. The van der Waals surface area contributed by atoms with Crippen LogP contribution in [0.4, 0.5) is 11.4 Å². The van der Waals surface area contributed by atoms with E-state index in [2.05, 4.69) is 22.9 Å². The van der Waals surface area contributed by atoms with Gasteiger partial charge in [-0.3, -0.25) is 15.1 Å². The quantitative estimate of drug-likeness (QED) is 0.0926. The van der Waals surface area contributed by atoms with Gasteiger partial charge in [0.2, 0.25) is 0 Å². The molecule has 5 aromatic rings. The van der Waals surface area contributed by atoms with Gasteiger partial charge in [0.15, 0.2) is 0 Å². The zero-order valence-corrected chi connectivity index (χ0v) is 21.3. The maximum Gasteiger partial charge on any atom is 0.337 e. The van der Waals surface area contributed by atoms with E-state index >= 15 is 0 Å². The molecule has 0 unspecified atom stereocenters. The number of nitro benzene ring substituents is 1. The highest BCUT2D eigenvalue weighted by molar-refractivity contribution is 7.99. The summed E-state index contributed by atoms with van der Waals surface area (Å²) in [5.74, 6) is -0.353. The Hall–Kier alpha value is -4.69. The second-order valence-corrected chi connectivity index (χ2v) is 9.67. The SMILES string of the molecule is COC(=O)c1cccc(Cn2cc(C=Nc3ccc(Sc4ccc([N+](=O)[O-])cc4)cc3)c3ccccc32)c1. The van der Waals surface area contributed by atoms with E-state index in [9.17, 15) is 14.9 Å². The standard InChI is InChI=1S/C30H23N3O4S/c1-37-30(34)22-6-4-5-21(17-22)19-32-20-23(28-7-2-3-8-29(28)32)18-31-24-9-13-26(14-10-24)38-27-15-11-25(12-16-27)33(35)36/h2-18,20H,19H2,1H3. The van der Waals surface area contributed by atoms with E-state index in [0.29, 0.717) is 12.1 Å². The zero-order valence-electron chi connectivity index (χ0n) is 20.5. The number of non-ortho nitro benzene ring substituents is 1. The summed E-state index contributed by atoms with van der Waals surface area (Å²) in [6.07, 6.45) is 3.93. The van der Waals surface area contributed by atoms with E-state index in [1.165, 1.54) is 31.0 Å². The van der Waals surface area contributed by atoms with Crippen molar-refractivity contribution >= 4 is 46.2 Å². The molecule has 7 nitrogen and oxygen atoms in total. The molecule has 0 aliphatic rings. The van der Waals surface area contributed by atoms with Crippen LogP contribution in [0.3, 0.4) is 0 Å². The summed E-state index contributed by atoms with van der Waals surface area (Å²) in [6, 6.07) is 30.0. The predicted molar refractivity (Wildman–Crippen MR) is 150 cm³/mol. The molecule has 0 saturated carbocycles. The van der Waals surface area contributed by atoms with Crippen molar-refractivity contribution < 1.29 is 14.5 Å². The number of carbonyl (C=O) groups is 1. The number of nitrogens with zero attached hydrogens (tertiary/aromatic N) is 3. The first-order valence-electron chi connectivity index (χ1n) is 11.8. The van der Waals surface area contributed by atoms with Crippen molar-refractivity contribution in [3.05, 3.63) is 130 Å². The topological polar surface area (TPSA) is 86.7 Å². The number of rotatable bonds is 8. The number of aromatic nitrogens is 1. The number of nitro groups is 1. The van der Waals surface area contributed by atoms with Crippen molar-refractivity contribution in [2.75, 3.05) is 7.11 Å². The summed E-state index contributed by atoms with van der Waals surface area (Å²) < 4.78 is 7.00. The van der Waals surface area contributed by atoms with Gasteiger partial charge in [0.25, 0.3) is 5.69 Å². The summed E-state index contributed by atoms with van der Waals surface area (Å²) >= 11 is 1.53. The molecule has 5 rings (SSSR count). The summed E-state index contributed by atoms with van der Waals surface area (Å²) in [4.78, 5) is 29.0. The molecular weight excluding hydrogens is 498 g/mol. The smallest absolute Gasteiger partial charge is 0.337 e. The predicted octanol–water partition coefficient (Wildman–Crippen LogP) is 7.29. The van der Waals surface area contributed by atoms with Crippen LogP contribution in [0.2, 0.25) is 0 Å². The van der Waals surface area contributed by atoms with Gasteiger partial charge in [-0.25, -0.2) is 4.79 Å². The largest absolute Gasteiger partial charge is 0.465 e. The number of hydrogen-bond acceptors (Lipinski definition) is 6. The molecule has 0 N–H and O–H groups in total. The summed E-state index contributed by atoms with van der Waals surface area (Å²) in [5, 5.41) is 11.9. The van der Waals surface area contributed by atoms with Crippen LogP contribution < -0.4 is 0 Å². The molecule has 188 valence electrons. The van der Waals surface area contributed by atoms with Crippen LogP contribution in [0.1, 0.15) is 21.5 Å². The van der Waals surface area contributed by atoms with Crippen LogP contribution in [0, 0.1) is 10.1 Å². The second-order valence-electron chi connectivity index (χ2n) is 8.53. The molecule has 0 aliphatic heterocycles. The molecule has 1 aromatic heterocycles. The lowest BCUT2D eigenvalue weighted by Crippen LogP contribution is -2.03. The lowest BCUT2D eigenvalue weighted by Gasteiger charge is -2.07. The normalized spacial score (nSPS) is 11.2. The average molecular weight is 522 g/mol. The van der Waals surface area contributed by atoms with Crippen molar-refractivity contribution in [3.8, 4) is 0 Å². The fourth-order valence-electron chi connectivity index (χ4n) is 4.14. The van der Waals surface area contributed by atoms with Crippen LogP contribution in [0.5, 0.6) is 0 Å². The van der Waals surface area contributed by atoms with Crippen LogP contribution in [-0.4, -0.2) is 28.8 Å². The van der Waals surface area contributed by atoms with E-state index in [0.717, 1.165) is 37.5 Å². The minimum Gasteiger partial charge on any atom is -0.465 e. The fraction of sp³-hybridized carbons (Fsp3) is 0.0667. The van der Waals surface area contributed by atoms with E-state index < -0.39 is 4.92 Å². The Labute approximate surface area is 223 Å². The van der Waals surface area contributed by atoms with Gasteiger partial charge >= 0.3 is 5.97 Å². The molecule has 0 radical (unpaired) electrons. The number of hydrogen-bond donors (Lipinski definition) is 0. The highest BCUT2D eigenvalue weighted by atomic mass is 32.2. The van der Waals surface area contributed by atoms with Gasteiger partial charge in [-0.15, -0.1) is 0 Å². The minimum absolute atomic E-state index is 0.0788. The second kappa shape index (κ2) is 11.1. The van der Waals surface area contributed by atoms with Crippen LogP contribution in [0.25, 0.3) is 10.9 Å². The summed E-state index contributed by atoms with van der Waals surface area (Å²) in [6.45, 7) is 0.605. The Morgan fingerprint density at radius 1 is 0.974 bits per heavy atom. The number of benzene rings is 4. The molecule has 8 heteroatoms. The third-order valence-corrected chi connectivity index (χ3v) is 7.01. The van der Waals surface area contributed by atoms with Crippen molar-refractivity contribution in [1.29, 1.82) is 0 Å². The molecule has 0 aliphatic carbocycles. The van der Waals surface area contributed by atoms with Gasteiger partial charge < -0.3 is 9.30 Å². The molecule has 1 heterocycles. The molecule has 0 bridgehead atoms. The Morgan fingerprint density at radius 2 is 1.68 bits per heavy atom. The molecule has 0 atom stereocenters. The van der Waals surface area contributed by atoms with E-state index in [4.69, 9.17) is 9.73 Å². The molecule has 4 aromatic carbocycles. The van der Waals surface area contributed by atoms with E-state index in [1.54, 1.807) is 18.2 Å². The average Bonchev–Trinajstić information content (AvgIpc) is 3.30. The van der Waals surface area contributed by atoms with Crippen molar-refractivity contribution in [3.63, 3.8) is 0 Å². The number of esters is 1. The maximum absolute atomic E-state index is 11.9.